The molecule has 0 amide bonds. The summed E-state index contributed by atoms with van der Waals surface area (Å²) in [6, 6.07) is 9.92. The Bertz CT molecular complexity index is 956. The van der Waals surface area contributed by atoms with Crippen molar-refractivity contribution in [1.29, 1.82) is 0 Å². The van der Waals surface area contributed by atoms with Gasteiger partial charge in [-0.1, -0.05) is 38.0 Å². The van der Waals surface area contributed by atoms with Crippen LogP contribution in [0.3, 0.4) is 0 Å². The summed E-state index contributed by atoms with van der Waals surface area (Å²) in [4.78, 5) is 24.7. The van der Waals surface area contributed by atoms with E-state index in [1.807, 2.05) is 13.8 Å². The normalized spacial score (nSPS) is 13.5. The number of Topliss-reactive ketones (excluding diaryl/α,β-unsaturated/α-hetero) is 1. The average molecular weight is 421 g/mol. The maximum Gasteiger partial charge on any atom is 0.324 e. The number of aryl methyl sites for hydroxylation is 1. The lowest BCUT2D eigenvalue weighted by Gasteiger charge is -2.22. The highest BCUT2D eigenvalue weighted by Gasteiger charge is 2.31. The fraction of sp³-hybridized carbons (Fsp3) is 0.333. The van der Waals surface area contributed by atoms with Gasteiger partial charge in [0.25, 0.3) is 0 Å². The molecule has 0 aromatic heterocycles. The van der Waals surface area contributed by atoms with Crippen molar-refractivity contribution in [3.05, 3.63) is 65.5 Å². The zero-order valence-corrected chi connectivity index (χ0v) is 17.3. The molecule has 2 aromatic carbocycles. The molecule has 29 heavy (non-hydrogen) atoms. The Hall–Kier alpha value is -2.58. The van der Waals surface area contributed by atoms with Crippen molar-refractivity contribution >= 4 is 21.8 Å². The molecule has 8 heteroatoms. The molecular formula is C21H24FNO5S. The van der Waals surface area contributed by atoms with Crippen LogP contribution in [0.5, 0.6) is 0 Å². The monoisotopic (exact) mass is 421 g/mol. The smallest absolute Gasteiger partial charge is 0.324 e. The summed E-state index contributed by atoms with van der Waals surface area (Å²) in [6.07, 6.45) is 0.516. The van der Waals surface area contributed by atoms with Gasteiger partial charge in [-0.15, -0.1) is 0 Å². The maximum absolute atomic E-state index is 13.0. The molecule has 0 saturated heterocycles. The van der Waals surface area contributed by atoms with Crippen LogP contribution in [0, 0.1) is 18.7 Å². The molecule has 0 bridgehead atoms. The lowest BCUT2D eigenvalue weighted by atomic mass is 10.0. The van der Waals surface area contributed by atoms with E-state index in [-0.39, 0.29) is 16.4 Å². The standard InChI is InChI=1S/C21H24FNO5S/c1-4-15(3)20(23-29(26,27)18-11-5-14(2)6-12-18)21(25)28-13-19(24)16-7-9-17(22)10-8-16/h5-12,15,20,23H,4,13H2,1-3H3/t15-,20-/m1/s1. The Balaban J connectivity index is 2.10. The lowest BCUT2D eigenvalue weighted by Crippen LogP contribution is -2.46. The summed E-state index contributed by atoms with van der Waals surface area (Å²) in [5.41, 5.74) is 1.10. The number of sulfonamides is 1. The molecule has 0 fully saturated rings. The van der Waals surface area contributed by atoms with Gasteiger partial charge in [0.1, 0.15) is 11.9 Å². The highest BCUT2D eigenvalue weighted by atomic mass is 32.2. The molecule has 2 aromatic rings. The van der Waals surface area contributed by atoms with Crippen molar-refractivity contribution in [1.82, 2.24) is 4.72 Å². The highest BCUT2D eigenvalue weighted by molar-refractivity contribution is 7.89. The van der Waals surface area contributed by atoms with Crippen LogP contribution in [0.4, 0.5) is 4.39 Å². The number of esters is 1. The van der Waals surface area contributed by atoms with Gasteiger partial charge >= 0.3 is 5.97 Å². The van der Waals surface area contributed by atoms with Crippen molar-refractivity contribution in [3.8, 4) is 0 Å². The van der Waals surface area contributed by atoms with E-state index in [4.69, 9.17) is 4.74 Å². The van der Waals surface area contributed by atoms with Crippen molar-refractivity contribution in [2.75, 3.05) is 6.61 Å². The van der Waals surface area contributed by atoms with E-state index < -0.39 is 40.2 Å². The van der Waals surface area contributed by atoms with Gasteiger partial charge in [-0.3, -0.25) is 9.59 Å². The Kier molecular flexibility index (Phi) is 7.64. The zero-order valence-electron chi connectivity index (χ0n) is 16.5. The third kappa shape index (κ3) is 6.20. The molecule has 0 saturated carbocycles. The molecule has 0 heterocycles. The quantitative estimate of drug-likeness (QED) is 0.496. The summed E-state index contributed by atoms with van der Waals surface area (Å²) in [5.74, 6) is -2.20. The second-order valence-corrected chi connectivity index (χ2v) is 8.55. The number of hydrogen-bond acceptors (Lipinski definition) is 5. The summed E-state index contributed by atoms with van der Waals surface area (Å²) in [5, 5.41) is 0. The van der Waals surface area contributed by atoms with Gasteiger partial charge in [-0.2, -0.15) is 4.72 Å². The molecule has 0 radical (unpaired) electrons. The van der Waals surface area contributed by atoms with Crippen LogP contribution in [0.1, 0.15) is 36.2 Å². The van der Waals surface area contributed by atoms with E-state index >= 15 is 0 Å². The second-order valence-electron chi connectivity index (χ2n) is 6.84. The summed E-state index contributed by atoms with van der Waals surface area (Å²) >= 11 is 0. The zero-order chi connectivity index (χ0) is 21.6. The number of nitrogens with one attached hydrogen (secondary N) is 1. The maximum atomic E-state index is 13.0. The van der Waals surface area contributed by atoms with E-state index in [1.165, 1.54) is 24.3 Å². The Morgan fingerprint density at radius 1 is 1.07 bits per heavy atom. The predicted octanol–water partition coefficient (Wildman–Crippen LogP) is 3.25. The van der Waals surface area contributed by atoms with Gasteiger partial charge in [-0.05, 0) is 49.2 Å². The minimum atomic E-state index is -3.95. The molecule has 0 spiro atoms. The molecule has 0 aliphatic carbocycles. The van der Waals surface area contributed by atoms with Crippen LogP contribution in [-0.2, 0) is 19.6 Å². The summed E-state index contributed by atoms with van der Waals surface area (Å²) < 4.78 is 45.7. The van der Waals surface area contributed by atoms with Gasteiger partial charge in [0, 0.05) is 5.56 Å². The molecule has 156 valence electrons. The molecule has 2 rings (SSSR count). The van der Waals surface area contributed by atoms with Crippen molar-refractivity contribution < 1.29 is 27.1 Å². The third-order valence-corrected chi connectivity index (χ3v) is 6.05. The number of halogens is 1. The van der Waals surface area contributed by atoms with Crippen LogP contribution in [-0.4, -0.2) is 32.8 Å². The fourth-order valence-electron chi connectivity index (χ4n) is 2.53. The van der Waals surface area contributed by atoms with Gasteiger partial charge in [-0.25, -0.2) is 12.8 Å². The van der Waals surface area contributed by atoms with Crippen LogP contribution in [0.15, 0.2) is 53.4 Å². The molecule has 0 unspecified atom stereocenters. The largest absolute Gasteiger partial charge is 0.456 e. The predicted molar refractivity (Wildman–Crippen MR) is 106 cm³/mol. The number of carbonyl (C=O) groups excluding carboxylic acids is 2. The first-order valence-corrected chi connectivity index (χ1v) is 10.7. The Morgan fingerprint density at radius 2 is 1.66 bits per heavy atom. The Morgan fingerprint density at radius 3 is 2.21 bits per heavy atom. The number of benzene rings is 2. The van der Waals surface area contributed by atoms with E-state index in [2.05, 4.69) is 4.72 Å². The number of carbonyl (C=O) groups is 2. The van der Waals surface area contributed by atoms with Crippen LogP contribution in [0.25, 0.3) is 0 Å². The molecule has 6 nitrogen and oxygen atoms in total. The van der Waals surface area contributed by atoms with E-state index in [9.17, 15) is 22.4 Å². The van der Waals surface area contributed by atoms with Crippen LogP contribution < -0.4 is 4.72 Å². The topological polar surface area (TPSA) is 89.5 Å². The first-order valence-electron chi connectivity index (χ1n) is 9.18. The van der Waals surface area contributed by atoms with Crippen molar-refractivity contribution in [3.63, 3.8) is 0 Å². The highest BCUT2D eigenvalue weighted by Crippen LogP contribution is 2.16. The minimum absolute atomic E-state index is 0.0339. The van der Waals surface area contributed by atoms with Gasteiger partial charge in [0.05, 0.1) is 4.90 Å². The molecule has 2 atom stereocenters. The Labute approximate surface area is 170 Å². The average Bonchev–Trinajstić information content (AvgIpc) is 2.70. The third-order valence-electron chi connectivity index (χ3n) is 4.59. The summed E-state index contributed by atoms with van der Waals surface area (Å²) in [6.45, 7) is 4.80. The van der Waals surface area contributed by atoms with Gasteiger partial charge < -0.3 is 4.74 Å². The van der Waals surface area contributed by atoms with E-state index in [1.54, 1.807) is 19.1 Å². The first kappa shape index (κ1) is 22.7. The minimum Gasteiger partial charge on any atom is -0.456 e. The number of ether oxygens (including phenoxy) is 1. The molecular weight excluding hydrogens is 397 g/mol. The van der Waals surface area contributed by atoms with Gasteiger partial charge in [0.15, 0.2) is 12.4 Å². The van der Waals surface area contributed by atoms with Gasteiger partial charge in [0.2, 0.25) is 10.0 Å². The second kappa shape index (κ2) is 9.76. The number of rotatable bonds is 9. The SMILES string of the molecule is CC[C@@H](C)[C@@H](NS(=O)(=O)c1ccc(C)cc1)C(=O)OCC(=O)c1ccc(F)cc1. The number of hydrogen-bond donors (Lipinski definition) is 1. The van der Waals surface area contributed by atoms with Crippen LogP contribution >= 0.6 is 0 Å². The van der Waals surface area contributed by atoms with Crippen molar-refractivity contribution in [2.45, 2.75) is 38.1 Å². The van der Waals surface area contributed by atoms with E-state index in [0.29, 0.717) is 6.42 Å². The van der Waals surface area contributed by atoms with Crippen LogP contribution in [0.2, 0.25) is 0 Å². The molecule has 0 aliphatic rings. The fourth-order valence-corrected chi connectivity index (χ4v) is 3.82. The first-order chi connectivity index (χ1) is 13.6. The summed E-state index contributed by atoms with van der Waals surface area (Å²) in [7, 11) is -3.95. The van der Waals surface area contributed by atoms with Crippen molar-refractivity contribution in [2.24, 2.45) is 5.92 Å². The number of ketones is 1. The molecule has 1 N–H and O–H groups in total. The van der Waals surface area contributed by atoms with E-state index in [0.717, 1.165) is 17.7 Å². The molecule has 0 aliphatic heterocycles. The lowest BCUT2D eigenvalue weighted by molar-refractivity contribution is -0.145.